The van der Waals surface area contributed by atoms with Gasteiger partial charge in [-0.1, -0.05) is 29.3 Å². The number of piperazine rings is 1. The van der Waals surface area contributed by atoms with Crippen LogP contribution in [0.2, 0.25) is 5.02 Å². The van der Waals surface area contributed by atoms with Gasteiger partial charge in [-0.25, -0.2) is 0 Å². The first-order chi connectivity index (χ1) is 12.1. The summed E-state index contributed by atoms with van der Waals surface area (Å²) >= 11 is 6.11. The van der Waals surface area contributed by atoms with E-state index in [1.165, 1.54) is 0 Å². The van der Waals surface area contributed by atoms with Crippen molar-refractivity contribution in [1.82, 2.24) is 9.80 Å². The lowest BCUT2D eigenvalue weighted by Gasteiger charge is -2.35. The van der Waals surface area contributed by atoms with Crippen molar-refractivity contribution in [2.24, 2.45) is 0 Å². The fourth-order valence-corrected chi connectivity index (χ4v) is 3.38. The number of nitrogens with zero attached hydrogens (tertiary/aromatic N) is 2. The summed E-state index contributed by atoms with van der Waals surface area (Å²) in [5, 5.41) is 0.712. The van der Waals surface area contributed by atoms with E-state index in [0.717, 1.165) is 55.2 Å². The van der Waals surface area contributed by atoms with Crippen LogP contribution in [0, 0.1) is 6.92 Å². The number of hydrogen-bond donors (Lipinski definition) is 0. The molecule has 0 aromatic heterocycles. The fourth-order valence-electron chi connectivity index (χ4n) is 3.18. The molecular formula is C20H23ClN2O2. The zero-order valence-electron chi connectivity index (χ0n) is 14.7. The molecule has 2 aromatic rings. The Labute approximate surface area is 154 Å². The summed E-state index contributed by atoms with van der Waals surface area (Å²) in [6.07, 6.45) is 0. The van der Waals surface area contributed by atoms with Gasteiger partial charge < -0.3 is 9.64 Å². The highest BCUT2D eigenvalue weighted by atomic mass is 35.5. The van der Waals surface area contributed by atoms with Gasteiger partial charge in [-0.2, -0.15) is 0 Å². The Balaban J connectivity index is 1.61. The van der Waals surface area contributed by atoms with Crippen LogP contribution < -0.4 is 4.74 Å². The number of rotatable bonds is 4. The predicted molar refractivity (Wildman–Crippen MR) is 100 cm³/mol. The van der Waals surface area contributed by atoms with Crippen molar-refractivity contribution in [3.05, 3.63) is 64.2 Å². The molecule has 0 radical (unpaired) electrons. The first-order valence-electron chi connectivity index (χ1n) is 8.47. The lowest BCUT2D eigenvalue weighted by Crippen LogP contribution is -2.48. The maximum Gasteiger partial charge on any atom is 0.253 e. The molecule has 0 N–H and O–H groups in total. The predicted octanol–water partition coefficient (Wildman–Crippen LogP) is 3.62. The summed E-state index contributed by atoms with van der Waals surface area (Å²) in [5.41, 5.74) is 2.95. The molecule has 1 saturated heterocycles. The lowest BCUT2D eigenvalue weighted by atomic mass is 10.1. The Bertz CT molecular complexity index is 755. The number of benzene rings is 2. The molecule has 3 rings (SSSR count). The molecular weight excluding hydrogens is 336 g/mol. The Hall–Kier alpha value is -2.04. The van der Waals surface area contributed by atoms with Gasteiger partial charge in [0.25, 0.3) is 5.91 Å². The maximum absolute atomic E-state index is 12.6. The van der Waals surface area contributed by atoms with Gasteiger partial charge in [-0.3, -0.25) is 9.69 Å². The highest BCUT2D eigenvalue weighted by Crippen LogP contribution is 2.24. The summed E-state index contributed by atoms with van der Waals surface area (Å²) in [6, 6.07) is 13.5. The topological polar surface area (TPSA) is 32.8 Å². The smallest absolute Gasteiger partial charge is 0.253 e. The highest BCUT2D eigenvalue weighted by Gasteiger charge is 2.22. The average molecular weight is 359 g/mol. The number of halogens is 1. The molecule has 1 heterocycles. The zero-order valence-corrected chi connectivity index (χ0v) is 15.4. The number of carbonyl (C=O) groups excluding carboxylic acids is 1. The van der Waals surface area contributed by atoms with Gasteiger partial charge >= 0.3 is 0 Å². The fraction of sp³-hybridized carbons (Fsp3) is 0.350. The molecule has 1 amide bonds. The van der Waals surface area contributed by atoms with E-state index in [2.05, 4.69) is 4.90 Å². The van der Waals surface area contributed by atoms with Crippen LogP contribution in [0.15, 0.2) is 42.5 Å². The first kappa shape index (κ1) is 17.8. The molecule has 132 valence electrons. The number of ether oxygens (including phenoxy) is 1. The highest BCUT2D eigenvalue weighted by molar-refractivity contribution is 6.30. The summed E-state index contributed by atoms with van der Waals surface area (Å²) in [5.74, 6) is 0.964. The molecule has 1 aliphatic heterocycles. The van der Waals surface area contributed by atoms with Crippen molar-refractivity contribution < 1.29 is 9.53 Å². The SMILES string of the molecule is COc1ccc(Cl)cc1CN1CCN(C(=O)c2cccc(C)c2)CC1. The largest absolute Gasteiger partial charge is 0.496 e. The number of hydrogen-bond acceptors (Lipinski definition) is 3. The molecule has 5 heteroatoms. The van der Waals surface area contributed by atoms with E-state index in [4.69, 9.17) is 16.3 Å². The third-order valence-corrected chi connectivity index (χ3v) is 4.80. The van der Waals surface area contributed by atoms with Gasteiger partial charge in [-0.05, 0) is 37.3 Å². The minimum atomic E-state index is 0.115. The molecule has 25 heavy (non-hydrogen) atoms. The third-order valence-electron chi connectivity index (χ3n) is 4.56. The Kier molecular flexibility index (Phi) is 5.61. The molecule has 0 aliphatic carbocycles. The Morgan fingerprint density at radius 2 is 1.88 bits per heavy atom. The molecule has 0 atom stereocenters. The molecule has 0 spiro atoms. The van der Waals surface area contributed by atoms with Crippen molar-refractivity contribution in [1.29, 1.82) is 0 Å². The summed E-state index contributed by atoms with van der Waals surface area (Å²) in [4.78, 5) is 16.9. The number of amides is 1. The van der Waals surface area contributed by atoms with Gasteiger partial charge in [0.2, 0.25) is 0 Å². The van der Waals surface area contributed by atoms with E-state index in [9.17, 15) is 4.79 Å². The van der Waals surface area contributed by atoms with Crippen LogP contribution >= 0.6 is 11.6 Å². The molecule has 1 aliphatic rings. The number of carbonyl (C=O) groups is 1. The van der Waals surface area contributed by atoms with Gasteiger partial charge in [0.05, 0.1) is 7.11 Å². The van der Waals surface area contributed by atoms with Crippen LogP contribution in [0.4, 0.5) is 0 Å². The quantitative estimate of drug-likeness (QED) is 0.837. The lowest BCUT2D eigenvalue weighted by molar-refractivity contribution is 0.0627. The third kappa shape index (κ3) is 4.33. The number of aryl methyl sites for hydroxylation is 1. The van der Waals surface area contributed by atoms with E-state index < -0.39 is 0 Å². The second-order valence-corrected chi connectivity index (χ2v) is 6.83. The molecule has 1 fully saturated rings. The van der Waals surface area contributed by atoms with Crippen LogP contribution in [-0.2, 0) is 6.54 Å². The minimum Gasteiger partial charge on any atom is -0.496 e. The van der Waals surface area contributed by atoms with E-state index in [-0.39, 0.29) is 5.91 Å². The minimum absolute atomic E-state index is 0.115. The van der Waals surface area contributed by atoms with Crippen molar-refractivity contribution in [2.45, 2.75) is 13.5 Å². The Morgan fingerprint density at radius 3 is 2.56 bits per heavy atom. The van der Waals surface area contributed by atoms with Crippen LogP contribution in [-0.4, -0.2) is 49.0 Å². The Morgan fingerprint density at radius 1 is 1.12 bits per heavy atom. The molecule has 4 nitrogen and oxygen atoms in total. The van der Waals surface area contributed by atoms with Crippen LogP contribution in [0.3, 0.4) is 0 Å². The second kappa shape index (κ2) is 7.89. The zero-order chi connectivity index (χ0) is 17.8. The van der Waals surface area contributed by atoms with E-state index in [0.29, 0.717) is 5.02 Å². The molecule has 0 saturated carbocycles. The van der Waals surface area contributed by atoms with E-state index >= 15 is 0 Å². The average Bonchev–Trinajstić information content (AvgIpc) is 2.62. The molecule has 2 aromatic carbocycles. The standard InChI is InChI=1S/C20H23ClN2O2/c1-15-4-3-5-16(12-15)20(24)23-10-8-22(9-11-23)14-17-13-18(21)6-7-19(17)25-2/h3-7,12-13H,8-11,14H2,1-2H3. The van der Waals surface area contributed by atoms with Crippen molar-refractivity contribution in [2.75, 3.05) is 33.3 Å². The monoisotopic (exact) mass is 358 g/mol. The van der Waals surface area contributed by atoms with Crippen LogP contribution in [0.25, 0.3) is 0 Å². The molecule has 0 bridgehead atoms. The summed E-state index contributed by atoms with van der Waals surface area (Å²) in [7, 11) is 1.67. The molecule has 0 unspecified atom stereocenters. The van der Waals surface area contributed by atoms with Crippen LogP contribution in [0.1, 0.15) is 21.5 Å². The summed E-state index contributed by atoms with van der Waals surface area (Å²) in [6.45, 7) is 5.93. The van der Waals surface area contributed by atoms with Gasteiger partial charge in [0, 0.05) is 48.9 Å². The van der Waals surface area contributed by atoms with Gasteiger partial charge in [-0.15, -0.1) is 0 Å². The van der Waals surface area contributed by atoms with Crippen molar-refractivity contribution in [3.8, 4) is 5.75 Å². The first-order valence-corrected chi connectivity index (χ1v) is 8.85. The van der Waals surface area contributed by atoms with E-state index in [1.54, 1.807) is 7.11 Å². The van der Waals surface area contributed by atoms with Gasteiger partial charge in [0.15, 0.2) is 0 Å². The maximum atomic E-state index is 12.6. The van der Waals surface area contributed by atoms with Crippen molar-refractivity contribution >= 4 is 17.5 Å². The number of methoxy groups -OCH3 is 1. The van der Waals surface area contributed by atoms with E-state index in [1.807, 2.05) is 54.3 Å². The normalized spacial score (nSPS) is 15.2. The van der Waals surface area contributed by atoms with Gasteiger partial charge in [0.1, 0.15) is 5.75 Å². The second-order valence-electron chi connectivity index (χ2n) is 6.39. The summed E-state index contributed by atoms with van der Waals surface area (Å²) < 4.78 is 5.42. The van der Waals surface area contributed by atoms with Crippen LogP contribution in [0.5, 0.6) is 5.75 Å². The van der Waals surface area contributed by atoms with Crippen molar-refractivity contribution in [3.63, 3.8) is 0 Å².